The highest BCUT2D eigenvalue weighted by Crippen LogP contribution is 2.36. The van der Waals surface area contributed by atoms with Gasteiger partial charge in [-0.1, -0.05) is 93.6 Å². The van der Waals surface area contributed by atoms with Gasteiger partial charge in [0.05, 0.1) is 13.2 Å². The van der Waals surface area contributed by atoms with Crippen molar-refractivity contribution < 1.29 is 19.0 Å². The van der Waals surface area contributed by atoms with Gasteiger partial charge in [-0.25, -0.2) is 0 Å². The number of aliphatic hydroxyl groups is 1. The highest BCUT2D eigenvalue weighted by atomic mass is 28.4. The summed E-state index contributed by atoms with van der Waals surface area (Å²) in [5.74, 6) is 0.974. The van der Waals surface area contributed by atoms with E-state index >= 15 is 0 Å². The van der Waals surface area contributed by atoms with Gasteiger partial charge in [0.15, 0.2) is 8.32 Å². The van der Waals surface area contributed by atoms with E-state index in [0.29, 0.717) is 25.0 Å². The lowest BCUT2D eigenvalue weighted by Gasteiger charge is -2.36. The normalized spacial score (nSPS) is 13.1. The highest BCUT2D eigenvalue weighted by molar-refractivity contribution is 6.74. The first-order chi connectivity index (χ1) is 19.6. The van der Waals surface area contributed by atoms with E-state index in [1.807, 2.05) is 42.5 Å². The molecule has 0 aliphatic carbocycles. The van der Waals surface area contributed by atoms with Gasteiger partial charge in [0.1, 0.15) is 0 Å². The monoisotopic (exact) mass is 582 g/mol. The van der Waals surface area contributed by atoms with Crippen LogP contribution in [-0.2, 0) is 27.1 Å². The maximum absolute atomic E-state index is 8.77. The summed E-state index contributed by atoms with van der Waals surface area (Å²) >= 11 is 0. The first-order valence-electron chi connectivity index (χ1n) is 15.4. The van der Waals surface area contributed by atoms with Gasteiger partial charge in [0, 0.05) is 26.4 Å². The minimum atomic E-state index is -1.61. The average Bonchev–Trinajstić information content (AvgIpc) is 2.97. The van der Waals surface area contributed by atoms with Crippen LogP contribution >= 0.6 is 0 Å². The van der Waals surface area contributed by atoms with Crippen molar-refractivity contribution in [2.75, 3.05) is 26.4 Å². The number of allylic oxidation sites excluding steroid dienone is 2. The Morgan fingerprint density at radius 1 is 0.707 bits per heavy atom. The number of hydrogen-bond donors (Lipinski definition) is 1. The van der Waals surface area contributed by atoms with Gasteiger partial charge >= 0.3 is 0 Å². The van der Waals surface area contributed by atoms with Crippen LogP contribution in [-0.4, -0.2) is 39.9 Å². The molecule has 0 fully saturated rings. The Morgan fingerprint density at radius 2 is 1.15 bits per heavy atom. The van der Waals surface area contributed by atoms with E-state index in [1.54, 1.807) is 0 Å². The molecule has 0 aromatic heterocycles. The highest BCUT2D eigenvalue weighted by Gasteiger charge is 2.36. The van der Waals surface area contributed by atoms with Crippen molar-refractivity contribution in [2.45, 2.75) is 90.6 Å². The molecule has 2 unspecified atom stereocenters. The summed E-state index contributed by atoms with van der Waals surface area (Å²) in [5.41, 5.74) is 2.44. The first-order valence-corrected chi connectivity index (χ1v) is 18.3. The summed E-state index contributed by atoms with van der Waals surface area (Å²) in [7, 11) is -1.61. The standard InChI is InChI=1S/C21H36O2Si.C15H22O2/c1-7-19(14-11-16-23-24(5,6)21(2,3)4)15-17-22-18-20-12-9-8-10-13-20;1-2-14(9-6-11-16)10-12-17-13-15-7-4-3-5-8-15/h7-10,12-13,19H,1,11,14-18H2,2-6H3;2-5,7-8,14,16H,1,6,9-13H2. The van der Waals surface area contributed by atoms with E-state index in [-0.39, 0.29) is 11.6 Å². The molecular weight excluding hydrogens is 524 g/mol. The molecule has 0 saturated carbocycles. The number of ether oxygens (including phenoxy) is 2. The molecule has 0 radical (unpaired) electrons. The fraction of sp³-hybridized carbons (Fsp3) is 0.556. The molecule has 0 saturated heterocycles. The third-order valence-corrected chi connectivity index (χ3v) is 12.4. The van der Waals surface area contributed by atoms with Gasteiger partial charge in [-0.3, -0.25) is 0 Å². The van der Waals surface area contributed by atoms with E-state index < -0.39 is 8.32 Å². The van der Waals surface area contributed by atoms with Gasteiger partial charge in [0.2, 0.25) is 0 Å². The Balaban J connectivity index is 0.000000435. The molecule has 5 heteroatoms. The van der Waals surface area contributed by atoms with Crippen LogP contribution in [0.25, 0.3) is 0 Å². The van der Waals surface area contributed by atoms with Gasteiger partial charge in [0.25, 0.3) is 0 Å². The maximum Gasteiger partial charge on any atom is 0.191 e. The van der Waals surface area contributed by atoms with E-state index in [0.717, 1.165) is 58.3 Å². The van der Waals surface area contributed by atoms with E-state index in [9.17, 15) is 0 Å². The van der Waals surface area contributed by atoms with Crippen LogP contribution < -0.4 is 0 Å². The summed E-state index contributed by atoms with van der Waals surface area (Å²) in [5, 5.41) is 9.05. The van der Waals surface area contributed by atoms with Crippen LogP contribution in [0.15, 0.2) is 86.0 Å². The number of aliphatic hydroxyl groups excluding tert-OH is 1. The largest absolute Gasteiger partial charge is 0.417 e. The van der Waals surface area contributed by atoms with Crippen LogP contribution in [0.5, 0.6) is 0 Å². The average molecular weight is 583 g/mol. The van der Waals surface area contributed by atoms with Gasteiger partial charge in [-0.15, -0.1) is 13.2 Å². The molecule has 0 aliphatic heterocycles. The molecule has 0 amide bonds. The van der Waals surface area contributed by atoms with Crippen LogP contribution in [0, 0.1) is 11.8 Å². The minimum Gasteiger partial charge on any atom is -0.417 e. The molecule has 0 spiro atoms. The molecule has 2 aromatic carbocycles. The van der Waals surface area contributed by atoms with Gasteiger partial charge in [-0.05, 0) is 79.6 Å². The van der Waals surface area contributed by atoms with Crippen LogP contribution in [0.3, 0.4) is 0 Å². The van der Waals surface area contributed by atoms with Gasteiger partial charge in [-0.2, -0.15) is 0 Å². The summed E-state index contributed by atoms with van der Waals surface area (Å²) in [6, 6.07) is 20.5. The number of hydrogen-bond acceptors (Lipinski definition) is 4. The summed E-state index contributed by atoms with van der Waals surface area (Å²) in [4.78, 5) is 0. The predicted octanol–water partition coefficient (Wildman–Crippen LogP) is 9.37. The van der Waals surface area contributed by atoms with Gasteiger partial charge < -0.3 is 19.0 Å². The fourth-order valence-corrected chi connectivity index (χ4v) is 5.09. The van der Waals surface area contributed by atoms with Crippen molar-refractivity contribution in [1.29, 1.82) is 0 Å². The summed E-state index contributed by atoms with van der Waals surface area (Å²) in [6.07, 6.45) is 10.1. The number of benzene rings is 2. The molecule has 2 rings (SSSR count). The van der Waals surface area contributed by atoms with Crippen molar-refractivity contribution in [3.8, 4) is 0 Å². The summed E-state index contributed by atoms with van der Waals surface area (Å²) in [6.45, 7) is 23.3. The zero-order chi connectivity index (χ0) is 30.4. The lowest BCUT2D eigenvalue weighted by atomic mass is 10.0. The lowest BCUT2D eigenvalue weighted by Crippen LogP contribution is -2.41. The molecule has 230 valence electrons. The van der Waals surface area contributed by atoms with Crippen molar-refractivity contribution in [2.24, 2.45) is 11.8 Å². The van der Waals surface area contributed by atoms with Crippen LogP contribution in [0.4, 0.5) is 0 Å². The zero-order valence-corrected chi connectivity index (χ0v) is 27.7. The first kappa shape index (κ1) is 37.0. The smallest absolute Gasteiger partial charge is 0.191 e. The third-order valence-electron chi connectivity index (χ3n) is 7.88. The van der Waals surface area contributed by atoms with Crippen molar-refractivity contribution in [1.82, 2.24) is 0 Å². The second-order valence-electron chi connectivity index (χ2n) is 12.3. The number of rotatable bonds is 20. The topological polar surface area (TPSA) is 47.9 Å². The second kappa shape index (κ2) is 21.6. The zero-order valence-electron chi connectivity index (χ0n) is 26.7. The Bertz CT molecular complexity index is 908. The lowest BCUT2D eigenvalue weighted by molar-refractivity contribution is 0.110. The second-order valence-corrected chi connectivity index (χ2v) is 17.1. The predicted molar refractivity (Wildman–Crippen MR) is 178 cm³/mol. The van der Waals surface area contributed by atoms with Crippen molar-refractivity contribution in [3.05, 3.63) is 97.1 Å². The minimum absolute atomic E-state index is 0.259. The van der Waals surface area contributed by atoms with E-state index in [4.69, 9.17) is 19.0 Å². The van der Waals surface area contributed by atoms with Crippen molar-refractivity contribution in [3.63, 3.8) is 0 Å². The quantitative estimate of drug-likeness (QED) is 0.0960. The molecule has 1 N–H and O–H groups in total. The molecule has 0 bridgehead atoms. The molecular formula is C36H58O4Si. The van der Waals surface area contributed by atoms with Crippen LogP contribution in [0.1, 0.15) is 70.4 Å². The molecule has 2 aromatic rings. The fourth-order valence-electron chi connectivity index (χ4n) is 4.00. The Labute approximate surface area is 253 Å². The molecule has 0 aliphatic rings. The molecule has 4 nitrogen and oxygen atoms in total. The Kier molecular flexibility index (Phi) is 19.5. The van der Waals surface area contributed by atoms with E-state index in [1.165, 1.54) is 11.1 Å². The maximum atomic E-state index is 8.77. The Morgan fingerprint density at radius 3 is 1.54 bits per heavy atom. The Hall–Kier alpha value is -2.02. The van der Waals surface area contributed by atoms with Crippen molar-refractivity contribution >= 4 is 8.32 Å². The molecule has 2 atom stereocenters. The molecule has 0 heterocycles. The van der Waals surface area contributed by atoms with E-state index in [2.05, 4.69) is 77.4 Å². The summed E-state index contributed by atoms with van der Waals surface area (Å²) < 4.78 is 17.7. The third kappa shape index (κ3) is 17.5. The molecule has 41 heavy (non-hydrogen) atoms. The van der Waals surface area contributed by atoms with Crippen LogP contribution in [0.2, 0.25) is 18.1 Å². The SMILES string of the molecule is C=CC(CCCO)CCOCc1ccccc1.C=CC(CCCO[Si](C)(C)C(C)(C)C)CCOCc1ccccc1.